The molecule has 0 aliphatic rings. The van der Waals surface area contributed by atoms with Crippen LogP contribution in [0.2, 0.25) is 0 Å². The topological polar surface area (TPSA) is 104 Å². The molecule has 0 fully saturated rings. The Balaban J connectivity index is 0.00000132. The van der Waals surface area contributed by atoms with E-state index in [1.54, 1.807) is 10.7 Å². The number of methoxy groups -OCH3 is 1. The number of ether oxygens (including phenoxy) is 1. The largest absolute Gasteiger partial charge is 0.495 e. The van der Waals surface area contributed by atoms with Gasteiger partial charge in [0.15, 0.2) is 11.6 Å². The first kappa shape index (κ1) is 21.8. The van der Waals surface area contributed by atoms with Crippen molar-refractivity contribution in [2.75, 3.05) is 12.4 Å². The van der Waals surface area contributed by atoms with Crippen LogP contribution in [0, 0.1) is 19.7 Å². The summed E-state index contributed by atoms with van der Waals surface area (Å²) < 4.78 is 22.1. The van der Waals surface area contributed by atoms with Gasteiger partial charge in [0, 0.05) is 29.8 Å². The summed E-state index contributed by atoms with van der Waals surface area (Å²) in [5.74, 6) is 0.328. The molecule has 9 nitrogen and oxygen atoms in total. The number of rotatable bonds is 5. The molecule has 4 heterocycles. The van der Waals surface area contributed by atoms with E-state index in [4.69, 9.17) is 4.74 Å². The van der Waals surface area contributed by atoms with Crippen molar-refractivity contribution >= 4 is 11.6 Å². The molecule has 0 radical (unpaired) electrons. The summed E-state index contributed by atoms with van der Waals surface area (Å²) in [6, 6.07) is 3.53. The van der Waals surface area contributed by atoms with Crippen LogP contribution in [0.4, 0.5) is 16.0 Å². The smallest absolute Gasteiger partial charge is 0.253 e. The van der Waals surface area contributed by atoms with E-state index in [1.165, 1.54) is 38.1 Å². The molecule has 0 bridgehead atoms. The van der Waals surface area contributed by atoms with E-state index < -0.39 is 5.82 Å². The van der Waals surface area contributed by atoms with Gasteiger partial charge in [-0.25, -0.2) is 19.0 Å². The standard InChI is InChI=1S/C19H17FN8O.C2H6/c1-11-6-12(2)28(27-11)19-25-17(13-7-14(29-3)9-22-8-13)16(20)18(26-19)24-15-10-21-4-5-23-15;1-2/h4-10H,1-3H3,(H,23,24,25,26);1-2H3. The summed E-state index contributed by atoms with van der Waals surface area (Å²) in [5.41, 5.74) is 2.10. The highest BCUT2D eigenvalue weighted by atomic mass is 19.1. The van der Waals surface area contributed by atoms with Crippen molar-refractivity contribution in [2.45, 2.75) is 27.7 Å². The van der Waals surface area contributed by atoms with Gasteiger partial charge in [0.1, 0.15) is 17.3 Å². The van der Waals surface area contributed by atoms with Crippen LogP contribution in [0.15, 0.2) is 43.1 Å². The summed E-state index contributed by atoms with van der Waals surface area (Å²) in [5, 5.41) is 7.25. The summed E-state index contributed by atoms with van der Waals surface area (Å²) in [4.78, 5) is 20.9. The van der Waals surface area contributed by atoms with E-state index in [1.807, 2.05) is 33.8 Å². The highest BCUT2D eigenvalue weighted by Crippen LogP contribution is 2.29. The number of aryl methyl sites for hydroxylation is 2. The minimum absolute atomic E-state index is 0.0547. The van der Waals surface area contributed by atoms with Gasteiger partial charge in [0.25, 0.3) is 5.95 Å². The molecule has 0 atom stereocenters. The Morgan fingerprint density at radius 3 is 2.45 bits per heavy atom. The fourth-order valence-corrected chi connectivity index (χ4v) is 2.78. The van der Waals surface area contributed by atoms with Crippen molar-refractivity contribution < 1.29 is 9.13 Å². The molecule has 0 unspecified atom stereocenters. The Labute approximate surface area is 179 Å². The number of nitrogens with one attached hydrogen (secondary N) is 1. The van der Waals surface area contributed by atoms with Crippen molar-refractivity contribution in [1.82, 2.24) is 34.7 Å². The fraction of sp³-hybridized carbons (Fsp3) is 0.238. The minimum atomic E-state index is -0.656. The van der Waals surface area contributed by atoms with Gasteiger partial charge in [-0.15, -0.1) is 0 Å². The van der Waals surface area contributed by atoms with Crippen LogP contribution in [0.5, 0.6) is 5.75 Å². The first-order valence-corrected chi connectivity index (χ1v) is 9.69. The quantitative estimate of drug-likeness (QED) is 0.514. The summed E-state index contributed by atoms with van der Waals surface area (Å²) in [7, 11) is 1.51. The van der Waals surface area contributed by atoms with E-state index in [-0.39, 0.29) is 17.5 Å². The zero-order valence-corrected chi connectivity index (χ0v) is 18.0. The molecule has 160 valence electrons. The number of anilines is 2. The third kappa shape index (κ3) is 4.80. The lowest BCUT2D eigenvalue weighted by Gasteiger charge is -2.12. The third-order valence-electron chi connectivity index (χ3n) is 4.07. The van der Waals surface area contributed by atoms with Crippen molar-refractivity contribution in [1.29, 1.82) is 0 Å². The average molecular weight is 422 g/mol. The Morgan fingerprint density at radius 1 is 1.00 bits per heavy atom. The lowest BCUT2D eigenvalue weighted by molar-refractivity contribution is 0.413. The van der Waals surface area contributed by atoms with Crippen LogP contribution in [0.3, 0.4) is 0 Å². The average Bonchev–Trinajstić information content (AvgIpc) is 3.15. The summed E-state index contributed by atoms with van der Waals surface area (Å²) >= 11 is 0. The van der Waals surface area contributed by atoms with Gasteiger partial charge >= 0.3 is 0 Å². The molecular formula is C21H23FN8O. The molecule has 1 N–H and O–H groups in total. The molecule has 4 aromatic heterocycles. The second-order valence-corrected chi connectivity index (χ2v) is 6.20. The second kappa shape index (κ2) is 9.70. The Morgan fingerprint density at radius 2 is 1.81 bits per heavy atom. The van der Waals surface area contributed by atoms with E-state index in [9.17, 15) is 0 Å². The molecule has 0 saturated carbocycles. The van der Waals surface area contributed by atoms with Crippen LogP contribution in [-0.4, -0.2) is 41.8 Å². The van der Waals surface area contributed by atoms with Crippen molar-refractivity contribution in [3.05, 3.63) is 60.3 Å². The number of hydrogen-bond acceptors (Lipinski definition) is 8. The zero-order valence-electron chi connectivity index (χ0n) is 18.0. The Hall–Kier alpha value is -3.95. The van der Waals surface area contributed by atoms with Crippen LogP contribution < -0.4 is 10.1 Å². The number of nitrogens with zero attached hydrogens (tertiary/aromatic N) is 7. The molecule has 0 amide bonds. The maximum atomic E-state index is 15.3. The molecule has 0 saturated heterocycles. The van der Waals surface area contributed by atoms with Gasteiger partial charge in [-0.3, -0.25) is 9.97 Å². The molecule has 0 aliphatic heterocycles. The van der Waals surface area contributed by atoms with E-state index in [2.05, 4.69) is 35.3 Å². The van der Waals surface area contributed by atoms with E-state index in [0.717, 1.165) is 11.4 Å². The first-order valence-electron chi connectivity index (χ1n) is 9.69. The van der Waals surface area contributed by atoms with Crippen LogP contribution in [0.1, 0.15) is 25.2 Å². The number of aromatic nitrogens is 7. The van der Waals surface area contributed by atoms with Crippen molar-refractivity contribution in [3.8, 4) is 23.0 Å². The Kier molecular flexibility index (Phi) is 6.81. The highest BCUT2D eigenvalue weighted by Gasteiger charge is 2.20. The lowest BCUT2D eigenvalue weighted by atomic mass is 10.2. The maximum absolute atomic E-state index is 15.3. The highest BCUT2D eigenvalue weighted by molar-refractivity contribution is 5.67. The molecule has 4 rings (SSSR count). The molecular weight excluding hydrogens is 399 g/mol. The van der Waals surface area contributed by atoms with Gasteiger partial charge in [-0.2, -0.15) is 10.1 Å². The van der Waals surface area contributed by atoms with Gasteiger partial charge in [0.05, 0.1) is 25.2 Å². The SMILES string of the molecule is CC.COc1cncc(-c2nc(-n3nc(C)cc3C)nc(Nc3cnccn3)c2F)c1. The van der Waals surface area contributed by atoms with Gasteiger partial charge in [-0.05, 0) is 26.0 Å². The van der Waals surface area contributed by atoms with Gasteiger partial charge < -0.3 is 10.1 Å². The van der Waals surface area contributed by atoms with Gasteiger partial charge in [-0.1, -0.05) is 13.8 Å². The third-order valence-corrected chi connectivity index (χ3v) is 4.07. The molecule has 0 spiro atoms. The normalized spacial score (nSPS) is 10.3. The van der Waals surface area contributed by atoms with Crippen LogP contribution in [0.25, 0.3) is 17.2 Å². The summed E-state index contributed by atoms with van der Waals surface area (Å²) in [6.07, 6.45) is 7.53. The molecule has 4 aromatic rings. The predicted molar refractivity (Wildman–Crippen MR) is 115 cm³/mol. The van der Waals surface area contributed by atoms with Crippen LogP contribution >= 0.6 is 0 Å². The lowest BCUT2D eigenvalue weighted by Crippen LogP contribution is -2.11. The minimum Gasteiger partial charge on any atom is -0.495 e. The zero-order chi connectivity index (χ0) is 22.4. The fourth-order valence-electron chi connectivity index (χ4n) is 2.78. The molecule has 31 heavy (non-hydrogen) atoms. The van der Waals surface area contributed by atoms with Crippen molar-refractivity contribution in [2.24, 2.45) is 0 Å². The number of halogens is 1. The maximum Gasteiger partial charge on any atom is 0.253 e. The predicted octanol–water partition coefficient (Wildman–Crippen LogP) is 4.05. The van der Waals surface area contributed by atoms with Gasteiger partial charge in [0.2, 0.25) is 0 Å². The number of pyridine rings is 1. The monoisotopic (exact) mass is 422 g/mol. The molecule has 10 heteroatoms. The summed E-state index contributed by atoms with van der Waals surface area (Å²) in [6.45, 7) is 7.73. The second-order valence-electron chi connectivity index (χ2n) is 6.20. The molecule has 0 aliphatic carbocycles. The van der Waals surface area contributed by atoms with E-state index in [0.29, 0.717) is 17.1 Å². The first-order chi connectivity index (χ1) is 15.0. The van der Waals surface area contributed by atoms with Crippen LogP contribution in [-0.2, 0) is 0 Å². The van der Waals surface area contributed by atoms with E-state index >= 15 is 4.39 Å². The number of hydrogen-bond donors (Lipinski definition) is 1. The molecule has 0 aromatic carbocycles. The Bertz CT molecular complexity index is 1160. The van der Waals surface area contributed by atoms with Crippen molar-refractivity contribution in [3.63, 3.8) is 0 Å².